The smallest absolute Gasteiger partial charge is 0.179 e. The third-order valence-electron chi connectivity index (χ3n) is 1.67. The van der Waals surface area contributed by atoms with E-state index in [9.17, 15) is 4.79 Å². The number of hydrogen-bond acceptors (Lipinski definition) is 4. The Bertz CT molecular complexity index is 435. The highest BCUT2D eigenvalue weighted by atomic mass is 79.9. The van der Waals surface area contributed by atoms with Gasteiger partial charge in [0.05, 0.1) is 14.2 Å². The van der Waals surface area contributed by atoms with Crippen molar-refractivity contribution in [2.45, 2.75) is 6.42 Å². The molecular weight excluding hydrogens is 282 g/mol. The zero-order valence-corrected chi connectivity index (χ0v) is 10.3. The van der Waals surface area contributed by atoms with Crippen LogP contribution in [0.2, 0.25) is 0 Å². The number of carbonyl (C=O) groups excluding carboxylic acids is 1. The van der Waals surface area contributed by atoms with E-state index >= 15 is 0 Å². The number of carbonyl (C=O) groups is 1. The zero-order valence-electron chi connectivity index (χ0n) is 7.07. The van der Waals surface area contributed by atoms with Crippen LogP contribution in [0, 0.1) is 0 Å². The van der Waals surface area contributed by atoms with Crippen LogP contribution in [0.5, 0.6) is 0 Å². The molecule has 0 spiro atoms. The number of ketones is 1. The maximum Gasteiger partial charge on any atom is 0.179 e. The SMILES string of the molecule is O=C(Cc1ccc(Br)s1)c1cncs1. The molecule has 0 aromatic carbocycles. The van der Waals surface area contributed by atoms with E-state index in [1.165, 1.54) is 11.3 Å². The summed E-state index contributed by atoms with van der Waals surface area (Å²) in [5.41, 5.74) is 1.68. The second-order valence-corrected chi connectivity index (χ2v) is 6.11. The first kappa shape index (κ1) is 10.0. The number of nitrogens with zero attached hydrogens (tertiary/aromatic N) is 1. The van der Waals surface area contributed by atoms with Crippen molar-refractivity contribution in [3.05, 3.63) is 37.4 Å². The minimum absolute atomic E-state index is 0.141. The predicted octanol–water partition coefficient (Wildman–Crippen LogP) is 3.39. The number of thiophene rings is 1. The topological polar surface area (TPSA) is 30.0 Å². The molecule has 0 aliphatic rings. The zero-order chi connectivity index (χ0) is 9.97. The molecule has 2 nitrogen and oxygen atoms in total. The summed E-state index contributed by atoms with van der Waals surface area (Å²) in [6, 6.07) is 3.92. The molecule has 0 bridgehead atoms. The summed E-state index contributed by atoms with van der Waals surface area (Å²) in [5, 5.41) is 0. The first-order chi connectivity index (χ1) is 6.75. The second kappa shape index (κ2) is 4.33. The number of halogens is 1. The van der Waals surface area contributed by atoms with Crippen LogP contribution in [0.1, 0.15) is 14.5 Å². The Morgan fingerprint density at radius 3 is 2.93 bits per heavy atom. The van der Waals surface area contributed by atoms with Crippen molar-refractivity contribution >= 4 is 44.4 Å². The molecule has 2 aromatic heterocycles. The molecule has 0 saturated heterocycles. The molecular formula is C9H6BrNOS2. The van der Waals surface area contributed by atoms with Crippen LogP contribution in [-0.4, -0.2) is 10.8 Å². The fraction of sp³-hybridized carbons (Fsp3) is 0.111. The minimum atomic E-state index is 0.141. The molecule has 0 aliphatic carbocycles. The van der Waals surface area contributed by atoms with Crippen molar-refractivity contribution < 1.29 is 4.79 Å². The van der Waals surface area contributed by atoms with Crippen molar-refractivity contribution in [2.24, 2.45) is 0 Å². The van der Waals surface area contributed by atoms with Crippen LogP contribution in [0.4, 0.5) is 0 Å². The minimum Gasteiger partial charge on any atom is -0.293 e. The largest absolute Gasteiger partial charge is 0.293 e. The van der Waals surface area contributed by atoms with Gasteiger partial charge in [0, 0.05) is 17.5 Å². The average Bonchev–Trinajstić information content (AvgIpc) is 2.75. The highest BCUT2D eigenvalue weighted by Crippen LogP contribution is 2.23. The van der Waals surface area contributed by atoms with Crippen LogP contribution in [0.15, 0.2) is 27.6 Å². The molecule has 2 aromatic rings. The highest BCUT2D eigenvalue weighted by molar-refractivity contribution is 9.11. The van der Waals surface area contributed by atoms with Crippen molar-refractivity contribution in [3.8, 4) is 0 Å². The van der Waals surface area contributed by atoms with E-state index in [2.05, 4.69) is 20.9 Å². The molecule has 2 heterocycles. The summed E-state index contributed by atoms with van der Waals surface area (Å²) >= 11 is 6.35. The summed E-state index contributed by atoms with van der Waals surface area (Å²) in [5.74, 6) is 0.141. The second-order valence-electron chi connectivity index (χ2n) is 2.67. The van der Waals surface area contributed by atoms with Gasteiger partial charge in [-0.15, -0.1) is 22.7 Å². The first-order valence-electron chi connectivity index (χ1n) is 3.91. The Balaban J connectivity index is 2.09. The van der Waals surface area contributed by atoms with E-state index in [0.717, 1.165) is 13.5 Å². The van der Waals surface area contributed by atoms with E-state index < -0.39 is 0 Å². The van der Waals surface area contributed by atoms with E-state index in [1.54, 1.807) is 23.0 Å². The molecule has 72 valence electrons. The number of hydrogen-bond donors (Lipinski definition) is 0. The molecule has 0 unspecified atom stereocenters. The maximum absolute atomic E-state index is 11.6. The van der Waals surface area contributed by atoms with Crippen LogP contribution in [0.3, 0.4) is 0 Å². The monoisotopic (exact) mass is 287 g/mol. The van der Waals surface area contributed by atoms with Gasteiger partial charge >= 0.3 is 0 Å². The summed E-state index contributed by atoms with van der Waals surface area (Å²) < 4.78 is 1.06. The standard InChI is InChI=1S/C9H6BrNOS2/c10-9-2-1-6(14-9)3-7(12)8-4-11-5-13-8/h1-2,4-5H,3H2. The normalized spacial score (nSPS) is 10.4. The Labute approximate surface area is 97.7 Å². The van der Waals surface area contributed by atoms with Gasteiger partial charge in [-0.3, -0.25) is 9.78 Å². The quantitative estimate of drug-likeness (QED) is 0.810. The third-order valence-corrected chi connectivity index (χ3v) is 4.11. The Morgan fingerprint density at radius 1 is 1.50 bits per heavy atom. The Kier molecular flexibility index (Phi) is 3.10. The maximum atomic E-state index is 11.6. The lowest BCUT2D eigenvalue weighted by molar-refractivity contribution is 0.0997. The molecule has 0 N–H and O–H groups in total. The van der Waals surface area contributed by atoms with Crippen molar-refractivity contribution in [3.63, 3.8) is 0 Å². The van der Waals surface area contributed by atoms with Gasteiger partial charge < -0.3 is 0 Å². The number of thiazole rings is 1. The van der Waals surface area contributed by atoms with Crippen LogP contribution < -0.4 is 0 Å². The van der Waals surface area contributed by atoms with E-state index in [4.69, 9.17) is 0 Å². The van der Waals surface area contributed by atoms with Gasteiger partial charge in [-0.05, 0) is 28.1 Å². The molecule has 0 radical (unpaired) electrons. The number of rotatable bonds is 3. The summed E-state index contributed by atoms with van der Waals surface area (Å²) in [6.45, 7) is 0. The first-order valence-corrected chi connectivity index (χ1v) is 6.40. The molecule has 0 saturated carbocycles. The molecule has 5 heteroatoms. The fourth-order valence-corrected chi connectivity index (χ4v) is 3.09. The highest BCUT2D eigenvalue weighted by Gasteiger charge is 2.09. The fourth-order valence-electron chi connectivity index (χ4n) is 1.05. The van der Waals surface area contributed by atoms with Crippen LogP contribution in [0.25, 0.3) is 0 Å². The summed E-state index contributed by atoms with van der Waals surface area (Å²) in [7, 11) is 0. The van der Waals surface area contributed by atoms with Gasteiger partial charge in [-0.25, -0.2) is 0 Å². The molecule has 0 fully saturated rings. The van der Waals surface area contributed by atoms with Crippen LogP contribution >= 0.6 is 38.6 Å². The van der Waals surface area contributed by atoms with Gasteiger partial charge in [-0.2, -0.15) is 0 Å². The van der Waals surface area contributed by atoms with Crippen molar-refractivity contribution in [1.82, 2.24) is 4.98 Å². The van der Waals surface area contributed by atoms with Crippen molar-refractivity contribution in [1.29, 1.82) is 0 Å². The number of Topliss-reactive ketones (excluding diaryl/α,β-unsaturated/α-hetero) is 1. The van der Waals surface area contributed by atoms with Crippen molar-refractivity contribution in [2.75, 3.05) is 0 Å². The van der Waals surface area contributed by atoms with E-state index in [0.29, 0.717) is 6.42 Å². The van der Waals surface area contributed by atoms with E-state index in [-0.39, 0.29) is 5.78 Å². The molecule has 0 aliphatic heterocycles. The molecule has 0 amide bonds. The Hall–Kier alpha value is -0.520. The van der Waals surface area contributed by atoms with E-state index in [1.807, 2.05) is 12.1 Å². The lowest BCUT2D eigenvalue weighted by Gasteiger charge is -1.92. The van der Waals surface area contributed by atoms with Gasteiger partial charge in [0.25, 0.3) is 0 Å². The van der Waals surface area contributed by atoms with Gasteiger partial charge in [-0.1, -0.05) is 0 Å². The summed E-state index contributed by atoms with van der Waals surface area (Å²) in [4.78, 5) is 17.3. The average molecular weight is 288 g/mol. The Morgan fingerprint density at radius 2 is 2.36 bits per heavy atom. The molecule has 0 atom stereocenters. The lowest BCUT2D eigenvalue weighted by Crippen LogP contribution is -1.98. The summed E-state index contributed by atoms with van der Waals surface area (Å²) in [6.07, 6.45) is 2.09. The van der Waals surface area contributed by atoms with Gasteiger partial charge in [0.1, 0.15) is 0 Å². The molecule has 14 heavy (non-hydrogen) atoms. The van der Waals surface area contributed by atoms with Crippen LogP contribution in [-0.2, 0) is 6.42 Å². The third kappa shape index (κ3) is 2.29. The van der Waals surface area contributed by atoms with Gasteiger partial charge in [0.2, 0.25) is 0 Å². The number of aromatic nitrogens is 1. The predicted molar refractivity (Wildman–Crippen MR) is 62.2 cm³/mol. The lowest BCUT2D eigenvalue weighted by atomic mass is 10.2. The molecule has 2 rings (SSSR count). The van der Waals surface area contributed by atoms with Gasteiger partial charge in [0.15, 0.2) is 5.78 Å².